The lowest BCUT2D eigenvalue weighted by molar-refractivity contribution is 0.242. The fourth-order valence-corrected chi connectivity index (χ4v) is 2.99. The average Bonchev–Trinajstić information content (AvgIpc) is 3.11. The van der Waals surface area contributed by atoms with Crippen LogP contribution in [0.2, 0.25) is 5.15 Å². The number of halogens is 1. The molecular weight excluding hydrogens is 312 g/mol. The first-order valence-corrected chi connectivity index (χ1v) is 7.88. The number of aromatic nitrogens is 3. The molecule has 6 heteroatoms. The molecule has 116 valence electrons. The maximum absolute atomic E-state index is 6.15. The van der Waals surface area contributed by atoms with Crippen LogP contribution < -0.4 is 0 Å². The Kier molecular flexibility index (Phi) is 3.81. The van der Waals surface area contributed by atoms with Gasteiger partial charge < -0.3 is 4.42 Å². The lowest BCUT2D eigenvalue weighted by Crippen LogP contribution is -2.31. The second-order valence-corrected chi connectivity index (χ2v) is 5.91. The Bertz CT molecular complexity index is 819. The maximum atomic E-state index is 6.15. The van der Waals surface area contributed by atoms with Gasteiger partial charge >= 0.3 is 0 Å². The SMILES string of the molecule is Clc1ncccc1CN1CCc2nc(-c3ccco3)ncc2C1. The normalized spacial score (nSPS) is 14.7. The van der Waals surface area contributed by atoms with Gasteiger partial charge in [-0.25, -0.2) is 15.0 Å². The predicted molar refractivity (Wildman–Crippen MR) is 86.8 cm³/mol. The van der Waals surface area contributed by atoms with Crippen LogP contribution in [0, 0.1) is 0 Å². The number of nitrogens with zero attached hydrogens (tertiary/aromatic N) is 4. The summed E-state index contributed by atoms with van der Waals surface area (Å²) >= 11 is 6.15. The predicted octanol–water partition coefficient (Wildman–Crippen LogP) is 3.34. The van der Waals surface area contributed by atoms with Gasteiger partial charge in [-0.3, -0.25) is 4.90 Å². The Hall–Kier alpha value is -2.24. The van der Waals surface area contributed by atoms with E-state index in [0.29, 0.717) is 16.7 Å². The number of rotatable bonds is 3. The Morgan fingerprint density at radius 1 is 1.22 bits per heavy atom. The Labute approximate surface area is 139 Å². The van der Waals surface area contributed by atoms with Crippen molar-refractivity contribution in [3.05, 3.63) is 64.9 Å². The smallest absolute Gasteiger partial charge is 0.195 e. The van der Waals surface area contributed by atoms with Gasteiger partial charge in [-0.15, -0.1) is 0 Å². The molecule has 23 heavy (non-hydrogen) atoms. The summed E-state index contributed by atoms with van der Waals surface area (Å²) in [5, 5.41) is 0.572. The third kappa shape index (κ3) is 2.98. The molecular formula is C17H15ClN4O. The molecule has 1 aliphatic rings. The fourth-order valence-electron chi connectivity index (χ4n) is 2.81. The lowest BCUT2D eigenvalue weighted by atomic mass is 10.1. The highest BCUT2D eigenvalue weighted by Crippen LogP contribution is 2.23. The number of furan rings is 1. The Morgan fingerprint density at radius 3 is 3.00 bits per heavy atom. The lowest BCUT2D eigenvalue weighted by Gasteiger charge is -2.28. The molecule has 0 unspecified atom stereocenters. The molecule has 5 nitrogen and oxygen atoms in total. The highest BCUT2D eigenvalue weighted by molar-refractivity contribution is 6.30. The minimum atomic E-state index is 0.572. The molecule has 0 fully saturated rings. The van der Waals surface area contributed by atoms with Crippen LogP contribution in [-0.4, -0.2) is 26.4 Å². The average molecular weight is 327 g/mol. The molecule has 0 amide bonds. The van der Waals surface area contributed by atoms with Crippen molar-refractivity contribution in [2.24, 2.45) is 0 Å². The van der Waals surface area contributed by atoms with E-state index >= 15 is 0 Å². The van der Waals surface area contributed by atoms with Crippen LogP contribution >= 0.6 is 11.6 Å². The van der Waals surface area contributed by atoms with Gasteiger partial charge in [0.2, 0.25) is 0 Å². The summed E-state index contributed by atoms with van der Waals surface area (Å²) in [6, 6.07) is 7.65. The van der Waals surface area contributed by atoms with Crippen molar-refractivity contribution in [3.8, 4) is 11.6 Å². The quantitative estimate of drug-likeness (QED) is 0.691. The summed E-state index contributed by atoms with van der Waals surface area (Å²) in [5.74, 6) is 1.36. The van der Waals surface area contributed by atoms with Gasteiger partial charge in [0, 0.05) is 49.6 Å². The van der Waals surface area contributed by atoms with Gasteiger partial charge in [-0.1, -0.05) is 17.7 Å². The Balaban J connectivity index is 1.53. The van der Waals surface area contributed by atoms with E-state index in [1.807, 2.05) is 30.5 Å². The van der Waals surface area contributed by atoms with Gasteiger partial charge in [0.05, 0.1) is 12.0 Å². The van der Waals surface area contributed by atoms with E-state index in [9.17, 15) is 0 Å². The minimum absolute atomic E-state index is 0.572. The number of hydrogen-bond acceptors (Lipinski definition) is 5. The molecule has 4 rings (SSSR count). The van der Waals surface area contributed by atoms with Crippen molar-refractivity contribution in [3.63, 3.8) is 0 Å². The van der Waals surface area contributed by atoms with Crippen LogP contribution in [0.4, 0.5) is 0 Å². The van der Waals surface area contributed by atoms with E-state index in [0.717, 1.165) is 42.9 Å². The molecule has 0 spiro atoms. The van der Waals surface area contributed by atoms with Gasteiger partial charge in [0.25, 0.3) is 0 Å². The Morgan fingerprint density at radius 2 is 2.17 bits per heavy atom. The van der Waals surface area contributed by atoms with E-state index in [1.165, 1.54) is 0 Å². The van der Waals surface area contributed by atoms with Gasteiger partial charge in [-0.05, 0) is 18.2 Å². The summed E-state index contributed by atoms with van der Waals surface area (Å²) in [7, 11) is 0. The minimum Gasteiger partial charge on any atom is -0.461 e. The second kappa shape index (κ2) is 6.10. The molecule has 0 N–H and O–H groups in total. The van der Waals surface area contributed by atoms with Crippen LogP contribution in [0.3, 0.4) is 0 Å². The van der Waals surface area contributed by atoms with Crippen LogP contribution in [0.1, 0.15) is 16.8 Å². The molecule has 0 saturated heterocycles. The number of hydrogen-bond donors (Lipinski definition) is 0. The van der Waals surface area contributed by atoms with Crippen molar-refractivity contribution < 1.29 is 4.42 Å². The molecule has 4 heterocycles. The zero-order valence-corrected chi connectivity index (χ0v) is 13.2. The van der Waals surface area contributed by atoms with Crippen LogP contribution in [-0.2, 0) is 19.5 Å². The van der Waals surface area contributed by atoms with E-state index in [1.54, 1.807) is 12.5 Å². The number of fused-ring (bicyclic) bond motifs is 1. The zero-order valence-electron chi connectivity index (χ0n) is 12.4. The van der Waals surface area contributed by atoms with Crippen LogP contribution in [0.15, 0.2) is 47.3 Å². The third-order valence-corrected chi connectivity index (χ3v) is 4.33. The molecule has 0 saturated carbocycles. The maximum Gasteiger partial charge on any atom is 0.195 e. The first-order valence-electron chi connectivity index (χ1n) is 7.50. The molecule has 0 aromatic carbocycles. The van der Waals surface area contributed by atoms with E-state index in [2.05, 4.69) is 19.9 Å². The van der Waals surface area contributed by atoms with E-state index in [-0.39, 0.29) is 0 Å². The molecule has 3 aromatic rings. The second-order valence-electron chi connectivity index (χ2n) is 5.56. The number of pyridine rings is 1. The third-order valence-electron chi connectivity index (χ3n) is 3.98. The van der Waals surface area contributed by atoms with Gasteiger partial charge in [0.15, 0.2) is 11.6 Å². The van der Waals surface area contributed by atoms with Crippen molar-refractivity contribution >= 4 is 11.6 Å². The van der Waals surface area contributed by atoms with Crippen molar-refractivity contribution in [1.29, 1.82) is 0 Å². The molecule has 1 aliphatic heterocycles. The first-order chi connectivity index (χ1) is 11.3. The summed E-state index contributed by atoms with van der Waals surface area (Å²) in [6.07, 6.45) is 6.14. The highest BCUT2D eigenvalue weighted by atomic mass is 35.5. The standard InChI is InChI=1S/C17H15ClN4O/c18-16-12(3-1-6-19-16)10-22-7-5-14-13(11-22)9-20-17(21-14)15-4-2-8-23-15/h1-4,6,8-9H,5,7,10-11H2. The summed E-state index contributed by atoms with van der Waals surface area (Å²) in [6.45, 7) is 2.54. The molecule has 3 aromatic heterocycles. The topological polar surface area (TPSA) is 55.1 Å². The van der Waals surface area contributed by atoms with E-state index < -0.39 is 0 Å². The summed E-state index contributed by atoms with van der Waals surface area (Å²) in [5.41, 5.74) is 3.30. The zero-order chi connectivity index (χ0) is 15.6. The molecule has 0 radical (unpaired) electrons. The monoisotopic (exact) mass is 326 g/mol. The van der Waals surface area contributed by atoms with Crippen molar-refractivity contribution in [2.75, 3.05) is 6.54 Å². The molecule has 0 aliphatic carbocycles. The molecule has 0 atom stereocenters. The van der Waals surface area contributed by atoms with E-state index in [4.69, 9.17) is 16.0 Å². The van der Waals surface area contributed by atoms with Crippen LogP contribution in [0.5, 0.6) is 0 Å². The van der Waals surface area contributed by atoms with Crippen LogP contribution in [0.25, 0.3) is 11.6 Å². The van der Waals surface area contributed by atoms with Gasteiger partial charge in [-0.2, -0.15) is 0 Å². The van der Waals surface area contributed by atoms with Crippen molar-refractivity contribution in [1.82, 2.24) is 19.9 Å². The fraction of sp³-hybridized carbons (Fsp3) is 0.235. The molecule has 0 bridgehead atoms. The summed E-state index contributed by atoms with van der Waals surface area (Å²) in [4.78, 5) is 15.5. The van der Waals surface area contributed by atoms with Crippen molar-refractivity contribution in [2.45, 2.75) is 19.5 Å². The van der Waals surface area contributed by atoms with Gasteiger partial charge in [0.1, 0.15) is 5.15 Å². The largest absolute Gasteiger partial charge is 0.461 e. The summed E-state index contributed by atoms with van der Waals surface area (Å²) < 4.78 is 5.37. The first kappa shape index (κ1) is 14.4. The highest BCUT2D eigenvalue weighted by Gasteiger charge is 2.20.